The van der Waals surface area contributed by atoms with Crippen LogP contribution in [-0.2, 0) is 26.8 Å². The van der Waals surface area contributed by atoms with Gasteiger partial charge >= 0.3 is 0 Å². The molecule has 0 unspecified atom stereocenters. The molecule has 0 radical (unpaired) electrons. The highest BCUT2D eigenvalue weighted by Crippen LogP contribution is 2.22. The molecule has 7 heteroatoms. The standard InChI is InChI=1S/C22H25N3O3S/c26-22(24-12-9-19(10-13-24)14-18-6-2-1-3-7-18)17-29(27,28)16-20-15-25-11-5-4-8-21(25)23-20/h1-8,11,15,19H,9-10,12-14,16-17H2. The van der Waals surface area contributed by atoms with Crippen LogP contribution in [0.1, 0.15) is 24.1 Å². The Labute approximate surface area is 171 Å². The normalized spacial score (nSPS) is 15.7. The summed E-state index contributed by atoms with van der Waals surface area (Å²) in [6.07, 6.45) is 6.35. The molecule has 3 aromatic rings. The number of piperidine rings is 1. The lowest BCUT2D eigenvalue weighted by Crippen LogP contribution is -2.41. The van der Waals surface area contributed by atoms with E-state index in [-0.39, 0.29) is 11.7 Å². The number of fused-ring (bicyclic) bond motifs is 1. The Balaban J connectivity index is 1.30. The van der Waals surface area contributed by atoms with Gasteiger partial charge < -0.3 is 9.30 Å². The van der Waals surface area contributed by atoms with Gasteiger partial charge in [0, 0.05) is 25.5 Å². The maximum absolute atomic E-state index is 12.6. The molecule has 0 bridgehead atoms. The molecule has 29 heavy (non-hydrogen) atoms. The molecule has 0 atom stereocenters. The summed E-state index contributed by atoms with van der Waals surface area (Å²) in [7, 11) is -3.56. The Hall–Kier alpha value is -2.67. The van der Waals surface area contributed by atoms with Crippen LogP contribution in [-0.4, -0.2) is 47.5 Å². The van der Waals surface area contributed by atoms with E-state index in [1.54, 1.807) is 15.5 Å². The summed E-state index contributed by atoms with van der Waals surface area (Å²) in [5, 5.41) is 0. The maximum atomic E-state index is 12.6. The van der Waals surface area contributed by atoms with Crippen molar-refractivity contribution in [3.05, 3.63) is 72.2 Å². The van der Waals surface area contributed by atoms with E-state index in [4.69, 9.17) is 0 Å². The average molecular weight is 412 g/mol. The summed E-state index contributed by atoms with van der Waals surface area (Å²) in [6.45, 7) is 1.25. The fourth-order valence-electron chi connectivity index (χ4n) is 3.95. The molecule has 0 saturated carbocycles. The van der Waals surface area contributed by atoms with Gasteiger partial charge in [0.2, 0.25) is 5.91 Å². The van der Waals surface area contributed by atoms with E-state index in [9.17, 15) is 13.2 Å². The first kappa shape index (κ1) is 19.6. The van der Waals surface area contributed by atoms with Crippen molar-refractivity contribution in [3.63, 3.8) is 0 Å². The first-order valence-electron chi connectivity index (χ1n) is 9.93. The molecule has 3 heterocycles. The fourth-order valence-corrected chi connectivity index (χ4v) is 5.20. The molecule has 0 N–H and O–H groups in total. The van der Waals surface area contributed by atoms with Gasteiger partial charge in [-0.15, -0.1) is 0 Å². The van der Waals surface area contributed by atoms with Crippen molar-refractivity contribution in [2.45, 2.75) is 25.0 Å². The van der Waals surface area contributed by atoms with E-state index in [1.807, 2.05) is 42.6 Å². The summed E-state index contributed by atoms with van der Waals surface area (Å²) >= 11 is 0. The average Bonchev–Trinajstić information content (AvgIpc) is 3.10. The molecule has 1 aliphatic rings. The summed E-state index contributed by atoms with van der Waals surface area (Å²) in [4.78, 5) is 18.6. The van der Waals surface area contributed by atoms with Crippen molar-refractivity contribution < 1.29 is 13.2 Å². The molecule has 1 amide bonds. The highest BCUT2D eigenvalue weighted by Gasteiger charge is 2.27. The largest absolute Gasteiger partial charge is 0.342 e. The van der Waals surface area contributed by atoms with Gasteiger partial charge in [-0.25, -0.2) is 13.4 Å². The number of carbonyl (C=O) groups excluding carboxylic acids is 1. The number of benzene rings is 1. The van der Waals surface area contributed by atoms with Crippen LogP contribution in [0.3, 0.4) is 0 Å². The summed E-state index contributed by atoms with van der Waals surface area (Å²) in [5.41, 5.74) is 2.47. The molecule has 0 aliphatic carbocycles. The molecule has 1 aromatic carbocycles. The Morgan fingerprint density at radius 3 is 2.48 bits per heavy atom. The third kappa shape index (κ3) is 5.03. The van der Waals surface area contributed by atoms with Gasteiger partial charge in [0.25, 0.3) is 0 Å². The number of likely N-dealkylation sites (tertiary alicyclic amines) is 1. The molecule has 1 saturated heterocycles. The summed E-state index contributed by atoms with van der Waals surface area (Å²) in [6, 6.07) is 15.9. The molecule has 0 spiro atoms. The molecule has 6 nitrogen and oxygen atoms in total. The Morgan fingerprint density at radius 1 is 1.03 bits per heavy atom. The number of hydrogen-bond acceptors (Lipinski definition) is 4. The zero-order chi connectivity index (χ0) is 20.3. The van der Waals surface area contributed by atoms with Crippen LogP contribution in [0.5, 0.6) is 0 Å². The predicted molar refractivity (Wildman–Crippen MR) is 112 cm³/mol. The number of imidazole rings is 1. The lowest BCUT2D eigenvalue weighted by Gasteiger charge is -2.32. The molecular formula is C22H25N3O3S. The number of amides is 1. The van der Waals surface area contributed by atoms with Crippen LogP contribution in [0.25, 0.3) is 5.65 Å². The van der Waals surface area contributed by atoms with Crippen molar-refractivity contribution in [2.75, 3.05) is 18.8 Å². The third-order valence-electron chi connectivity index (χ3n) is 5.46. The number of carbonyl (C=O) groups is 1. The third-order valence-corrected chi connectivity index (χ3v) is 6.88. The number of rotatable bonds is 6. The second kappa shape index (κ2) is 8.37. The zero-order valence-corrected chi connectivity index (χ0v) is 17.1. The minimum Gasteiger partial charge on any atom is -0.342 e. The predicted octanol–water partition coefficient (Wildman–Crippen LogP) is 2.73. The Bertz CT molecular complexity index is 1050. The highest BCUT2D eigenvalue weighted by molar-refractivity contribution is 7.91. The smallest absolute Gasteiger partial charge is 0.237 e. The van der Waals surface area contributed by atoms with Crippen molar-refractivity contribution in [3.8, 4) is 0 Å². The van der Waals surface area contributed by atoms with Crippen LogP contribution >= 0.6 is 0 Å². The number of nitrogens with zero attached hydrogens (tertiary/aromatic N) is 3. The quantitative estimate of drug-likeness (QED) is 0.625. The topological polar surface area (TPSA) is 71.8 Å². The van der Waals surface area contributed by atoms with Crippen LogP contribution in [0.15, 0.2) is 60.9 Å². The minimum absolute atomic E-state index is 0.217. The van der Waals surface area contributed by atoms with Crippen LogP contribution in [0.4, 0.5) is 0 Å². The molecule has 4 rings (SSSR count). The van der Waals surface area contributed by atoms with Gasteiger partial charge in [-0.2, -0.15) is 0 Å². The zero-order valence-electron chi connectivity index (χ0n) is 16.3. The van der Waals surface area contributed by atoms with Gasteiger partial charge in [-0.05, 0) is 42.9 Å². The van der Waals surface area contributed by atoms with Crippen molar-refractivity contribution in [1.82, 2.24) is 14.3 Å². The number of aromatic nitrogens is 2. The van der Waals surface area contributed by atoms with Gasteiger partial charge in [-0.3, -0.25) is 4.79 Å². The van der Waals surface area contributed by atoms with E-state index in [0.717, 1.165) is 19.3 Å². The van der Waals surface area contributed by atoms with Crippen LogP contribution in [0.2, 0.25) is 0 Å². The van der Waals surface area contributed by atoms with Crippen LogP contribution in [0, 0.1) is 5.92 Å². The van der Waals surface area contributed by atoms with Gasteiger partial charge in [-0.1, -0.05) is 36.4 Å². The first-order valence-corrected chi connectivity index (χ1v) is 11.8. The highest BCUT2D eigenvalue weighted by atomic mass is 32.2. The second-order valence-electron chi connectivity index (χ2n) is 7.74. The van der Waals surface area contributed by atoms with Crippen molar-refractivity contribution in [1.29, 1.82) is 0 Å². The molecule has 1 fully saturated rings. The van der Waals surface area contributed by atoms with Gasteiger partial charge in [0.1, 0.15) is 11.4 Å². The molecule has 1 aliphatic heterocycles. The number of hydrogen-bond donors (Lipinski definition) is 0. The van der Waals surface area contributed by atoms with E-state index < -0.39 is 15.6 Å². The van der Waals surface area contributed by atoms with E-state index in [2.05, 4.69) is 17.1 Å². The lowest BCUT2D eigenvalue weighted by molar-refractivity contribution is -0.129. The molecule has 2 aromatic heterocycles. The van der Waals surface area contributed by atoms with E-state index >= 15 is 0 Å². The Kier molecular flexibility index (Phi) is 5.67. The summed E-state index contributed by atoms with van der Waals surface area (Å²) in [5.74, 6) is -0.433. The second-order valence-corrected chi connectivity index (χ2v) is 9.81. The number of sulfone groups is 1. The first-order chi connectivity index (χ1) is 14.0. The van der Waals surface area contributed by atoms with Crippen molar-refractivity contribution in [2.24, 2.45) is 5.92 Å². The molecular weight excluding hydrogens is 386 g/mol. The molecule has 152 valence electrons. The SMILES string of the molecule is O=C(CS(=O)(=O)Cc1cn2ccccc2n1)N1CCC(Cc2ccccc2)CC1. The lowest BCUT2D eigenvalue weighted by atomic mass is 9.90. The van der Waals surface area contributed by atoms with Gasteiger partial charge in [0.05, 0.1) is 11.4 Å². The Morgan fingerprint density at radius 2 is 1.76 bits per heavy atom. The number of pyridine rings is 1. The summed E-state index contributed by atoms with van der Waals surface area (Å²) < 4.78 is 26.9. The van der Waals surface area contributed by atoms with Crippen LogP contribution < -0.4 is 0 Å². The minimum atomic E-state index is -3.56. The van der Waals surface area contributed by atoms with Gasteiger partial charge in [0.15, 0.2) is 9.84 Å². The van der Waals surface area contributed by atoms with E-state index in [0.29, 0.717) is 30.3 Å². The maximum Gasteiger partial charge on any atom is 0.237 e. The van der Waals surface area contributed by atoms with E-state index in [1.165, 1.54) is 5.56 Å². The van der Waals surface area contributed by atoms with Crippen molar-refractivity contribution >= 4 is 21.4 Å². The monoisotopic (exact) mass is 411 g/mol. The fraction of sp³-hybridized carbons (Fsp3) is 0.364.